The predicted molar refractivity (Wildman–Crippen MR) is 122 cm³/mol. The number of piperidine rings is 1. The molecule has 0 radical (unpaired) electrons. The number of aromatic nitrogens is 3. The van der Waals surface area contributed by atoms with Crippen molar-refractivity contribution in [3.63, 3.8) is 0 Å². The summed E-state index contributed by atoms with van der Waals surface area (Å²) in [4.78, 5) is 11.5. The monoisotopic (exact) mass is 505 g/mol. The van der Waals surface area contributed by atoms with Crippen molar-refractivity contribution >= 4 is 29.9 Å². The molecule has 0 bridgehead atoms. The number of aliphatic imine (C=N–C) groups is 1. The van der Waals surface area contributed by atoms with Crippen molar-refractivity contribution in [2.24, 2.45) is 10.9 Å². The number of nitrogens with zero attached hydrogens (tertiary/aromatic N) is 5. The molecule has 1 saturated heterocycles. The maximum Gasteiger partial charge on any atom is 0.191 e. The third-order valence-electron chi connectivity index (χ3n) is 5.75. The van der Waals surface area contributed by atoms with Crippen molar-refractivity contribution in [3.8, 4) is 0 Å². The number of aryl methyl sites for hydroxylation is 1. The summed E-state index contributed by atoms with van der Waals surface area (Å²) in [5.74, 6) is 3.56. The van der Waals surface area contributed by atoms with E-state index in [4.69, 9.17) is 4.74 Å². The van der Waals surface area contributed by atoms with Gasteiger partial charge >= 0.3 is 0 Å². The molecule has 2 atom stereocenters. The topological polar surface area (TPSA) is 79.6 Å². The van der Waals surface area contributed by atoms with Gasteiger partial charge in [0.05, 0.1) is 6.54 Å². The Kier molecular flexibility index (Phi) is 9.42. The first-order chi connectivity index (χ1) is 13.1. The van der Waals surface area contributed by atoms with Crippen LogP contribution in [0.1, 0.15) is 44.8 Å². The van der Waals surface area contributed by atoms with E-state index < -0.39 is 0 Å². The lowest BCUT2D eigenvalue weighted by Crippen LogP contribution is -2.51. The lowest BCUT2D eigenvalue weighted by atomic mass is 9.98. The van der Waals surface area contributed by atoms with Gasteiger partial charge in [0.1, 0.15) is 12.4 Å². The number of ether oxygens (including phenoxy) is 1. The summed E-state index contributed by atoms with van der Waals surface area (Å²) in [6, 6.07) is 0.827. The molecule has 0 amide bonds. The zero-order valence-electron chi connectivity index (χ0n) is 17.6. The SMILES string of the molecule is CN=C(NCC(C)N1CCC(C)CC1)NC1CCc2nc(COC)nn2C1.I. The molecule has 1 fully saturated rings. The van der Waals surface area contributed by atoms with Gasteiger partial charge < -0.3 is 15.4 Å². The molecule has 1 aromatic heterocycles. The molecule has 2 N–H and O–H groups in total. The molecule has 0 saturated carbocycles. The third kappa shape index (κ3) is 6.28. The van der Waals surface area contributed by atoms with Crippen molar-refractivity contribution in [2.75, 3.05) is 33.8 Å². The molecule has 2 aliphatic heterocycles. The van der Waals surface area contributed by atoms with Crippen molar-refractivity contribution in [1.29, 1.82) is 0 Å². The highest BCUT2D eigenvalue weighted by Gasteiger charge is 2.23. The molecule has 0 aromatic carbocycles. The highest BCUT2D eigenvalue weighted by molar-refractivity contribution is 14.0. The van der Waals surface area contributed by atoms with Gasteiger partial charge in [0.25, 0.3) is 0 Å². The largest absolute Gasteiger partial charge is 0.377 e. The lowest BCUT2D eigenvalue weighted by molar-refractivity contribution is 0.147. The Hall–Kier alpha value is -0.940. The van der Waals surface area contributed by atoms with Gasteiger partial charge in [-0.25, -0.2) is 9.67 Å². The van der Waals surface area contributed by atoms with Crippen molar-refractivity contribution in [3.05, 3.63) is 11.6 Å². The summed E-state index contributed by atoms with van der Waals surface area (Å²) < 4.78 is 7.14. The zero-order valence-corrected chi connectivity index (χ0v) is 20.0. The molecular formula is C19H36IN7O. The second-order valence-corrected chi connectivity index (χ2v) is 7.96. The number of fused-ring (bicyclic) bond motifs is 1. The number of likely N-dealkylation sites (tertiary alicyclic amines) is 1. The fourth-order valence-corrected chi connectivity index (χ4v) is 3.90. The average molecular weight is 505 g/mol. The fourth-order valence-electron chi connectivity index (χ4n) is 3.90. The first-order valence-electron chi connectivity index (χ1n) is 10.2. The molecule has 3 rings (SSSR count). The van der Waals surface area contributed by atoms with Crippen LogP contribution in [0.4, 0.5) is 0 Å². The number of hydrogen-bond acceptors (Lipinski definition) is 5. The maximum absolute atomic E-state index is 5.14. The summed E-state index contributed by atoms with van der Waals surface area (Å²) >= 11 is 0. The second kappa shape index (κ2) is 11.3. The summed E-state index contributed by atoms with van der Waals surface area (Å²) in [5, 5.41) is 11.6. The summed E-state index contributed by atoms with van der Waals surface area (Å²) in [7, 11) is 3.51. The quantitative estimate of drug-likeness (QED) is 0.348. The zero-order chi connectivity index (χ0) is 19.2. The van der Waals surface area contributed by atoms with Crippen LogP contribution < -0.4 is 10.6 Å². The smallest absolute Gasteiger partial charge is 0.191 e. The first kappa shape index (κ1) is 23.3. The number of rotatable bonds is 6. The van der Waals surface area contributed by atoms with E-state index in [1.807, 2.05) is 11.7 Å². The van der Waals surface area contributed by atoms with Gasteiger partial charge in [-0.1, -0.05) is 6.92 Å². The van der Waals surface area contributed by atoms with Crippen LogP contribution >= 0.6 is 24.0 Å². The molecule has 3 heterocycles. The standard InChI is InChI=1S/C19H35N7O.HI/c1-14-7-9-25(10-8-14)15(2)11-21-19(20-3)22-16-5-6-18-23-17(13-27-4)24-26(18)12-16;/h14-16H,5-13H2,1-4H3,(H2,20,21,22);1H. The summed E-state index contributed by atoms with van der Waals surface area (Å²) in [6.07, 6.45) is 4.58. The van der Waals surface area contributed by atoms with Crippen LogP contribution in [0.15, 0.2) is 4.99 Å². The Labute approximate surface area is 185 Å². The number of methoxy groups -OCH3 is 1. The second-order valence-electron chi connectivity index (χ2n) is 7.96. The summed E-state index contributed by atoms with van der Waals surface area (Å²) in [5.41, 5.74) is 0. The Morgan fingerprint density at radius 2 is 2.07 bits per heavy atom. The number of guanidine groups is 1. The van der Waals surface area contributed by atoms with E-state index in [1.165, 1.54) is 25.9 Å². The van der Waals surface area contributed by atoms with Crippen LogP contribution in [-0.4, -0.2) is 71.5 Å². The highest BCUT2D eigenvalue weighted by atomic mass is 127. The van der Waals surface area contributed by atoms with Crippen molar-refractivity contribution in [2.45, 2.75) is 64.8 Å². The molecule has 160 valence electrons. The van der Waals surface area contributed by atoms with Gasteiger partial charge in [0.15, 0.2) is 11.8 Å². The van der Waals surface area contributed by atoms with Gasteiger partial charge in [-0.05, 0) is 45.2 Å². The number of halogens is 1. The van der Waals surface area contributed by atoms with E-state index in [1.54, 1.807) is 7.11 Å². The van der Waals surface area contributed by atoms with E-state index in [0.29, 0.717) is 18.7 Å². The van der Waals surface area contributed by atoms with Crippen LogP contribution in [0, 0.1) is 5.92 Å². The number of hydrogen-bond donors (Lipinski definition) is 2. The maximum atomic E-state index is 5.14. The first-order valence-corrected chi connectivity index (χ1v) is 10.2. The average Bonchev–Trinajstić information content (AvgIpc) is 3.07. The minimum atomic E-state index is 0. The van der Waals surface area contributed by atoms with Crippen molar-refractivity contribution in [1.82, 2.24) is 30.3 Å². The van der Waals surface area contributed by atoms with E-state index in [0.717, 1.165) is 49.5 Å². The minimum Gasteiger partial charge on any atom is -0.377 e. The molecule has 1 aromatic rings. The number of nitrogens with one attached hydrogen (secondary N) is 2. The van der Waals surface area contributed by atoms with Crippen LogP contribution in [0.25, 0.3) is 0 Å². The van der Waals surface area contributed by atoms with Gasteiger partial charge in [-0.2, -0.15) is 5.10 Å². The molecule has 0 aliphatic carbocycles. The van der Waals surface area contributed by atoms with Gasteiger partial charge in [-0.3, -0.25) is 9.89 Å². The van der Waals surface area contributed by atoms with Crippen LogP contribution in [0.5, 0.6) is 0 Å². The molecule has 9 heteroatoms. The third-order valence-corrected chi connectivity index (χ3v) is 5.75. The molecule has 0 spiro atoms. The molecule has 2 unspecified atom stereocenters. The Balaban J connectivity index is 0.00000280. The molecule has 28 heavy (non-hydrogen) atoms. The summed E-state index contributed by atoms with van der Waals surface area (Å²) in [6.45, 7) is 9.26. The van der Waals surface area contributed by atoms with E-state index >= 15 is 0 Å². The molecule has 8 nitrogen and oxygen atoms in total. The highest BCUT2D eigenvalue weighted by Crippen LogP contribution is 2.17. The minimum absolute atomic E-state index is 0. The molecular weight excluding hydrogens is 469 g/mol. The van der Waals surface area contributed by atoms with Gasteiger partial charge in [0.2, 0.25) is 0 Å². The van der Waals surface area contributed by atoms with E-state index in [9.17, 15) is 0 Å². The van der Waals surface area contributed by atoms with E-state index in [2.05, 4.69) is 44.5 Å². The predicted octanol–water partition coefficient (Wildman–Crippen LogP) is 1.64. The Morgan fingerprint density at radius 3 is 2.75 bits per heavy atom. The van der Waals surface area contributed by atoms with Gasteiger partial charge in [-0.15, -0.1) is 24.0 Å². The van der Waals surface area contributed by atoms with E-state index in [-0.39, 0.29) is 24.0 Å². The Morgan fingerprint density at radius 1 is 1.32 bits per heavy atom. The Bertz CT molecular complexity index is 628. The lowest BCUT2D eigenvalue weighted by Gasteiger charge is -2.35. The van der Waals surface area contributed by atoms with Crippen LogP contribution in [0.3, 0.4) is 0 Å². The van der Waals surface area contributed by atoms with Gasteiger partial charge in [0, 0.05) is 39.2 Å². The normalized spacial score (nSPS) is 22.3. The van der Waals surface area contributed by atoms with Crippen LogP contribution in [0.2, 0.25) is 0 Å². The fraction of sp³-hybridized carbons (Fsp3) is 0.842. The van der Waals surface area contributed by atoms with Crippen LogP contribution in [-0.2, 0) is 24.3 Å². The van der Waals surface area contributed by atoms with Crippen molar-refractivity contribution < 1.29 is 4.74 Å². The molecule has 2 aliphatic rings.